The summed E-state index contributed by atoms with van der Waals surface area (Å²) in [6, 6.07) is 5.67. The smallest absolute Gasteiger partial charge is 0.311 e. The summed E-state index contributed by atoms with van der Waals surface area (Å²) >= 11 is 0. The molecule has 1 aliphatic rings. The van der Waals surface area contributed by atoms with Crippen LogP contribution in [-0.4, -0.2) is 31.3 Å². The first-order chi connectivity index (χ1) is 9.13. The van der Waals surface area contributed by atoms with Crippen molar-refractivity contribution < 1.29 is 14.6 Å². The summed E-state index contributed by atoms with van der Waals surface area (Å²) in [5.74, 6) is -0.204. The minimum absolute atomic E-state index is 0.166. The van der Waals surface area contributed by atoms with Gasteiger partial charge in [0.05, 0.1) is 13.0 Å². The highest BCUT2D eigenvalue weighted by atomic mass is 16.5. The number of carbonyl (C=O) groups is 1. The summed E-state index contributed by atoms with van der Waals surface area (Å²) < 4.78 is 5.23. The second-order valence-electron chi connectivity index (χ2n) is 5.15. The zero-order valence-corrected chi connectivity index (χ0v) is 11.5. The van der Waals surface area contributed by atoms with Crippen molar-refractivity contribution in [3.63, 3.8) is 0 Å². The number of benzene rings is 1. The van der Waals surface area contributed by atoms with Crippen molar-refractivity contribution >= 4 is 5.97 Å². The first kappa shape index (κ1) is 13.9. The van der Waals surface area contributed by atoms with Crippen LogP contribution in [0.3, 0.4) is 0 Å². The number of carboxylic acids is 1. The molecule has 1 aromatic rings. The van der Waals surface area contributed by atoms with Gasteiger partial charge in [0, 0.05) is 0 Å². The monoisotopic (exact) mass is 263 g/mol. The van der Waals surface area contributed by atoms with Gasteiger partial charge >= 0.3 is 5.97 Å². The van der Waals surface area contributed by atoms with E-state index in [2.05, 4.69) is 5.32 Å². The molecule has 104 valence electrons. The fourth-order valence-electron chi connectivity index (χ4n) is 2.87. The van der Waals surface area contributed by atoms with Crippen molar-refractivity contribution in [1.82, 2.24) is 5.32 Å². The molecule has 2 rings (SSSR count). The molecule has 2 atom stereocenters. The molecule has 1 fully saturated rings. The van der Waals surface area contributed by atoms with Crippen LogP contribution in [0.15, 0.2) is 18.2 Å². The van der Waals surface area contributed by atoms with Crippen molar-refractivity contribution in [1.29, 1.82) is 0 Å². The van der Waals surface area contributed by atoms with Gasteiger partial charge < -0.3 is 15.2 Å². The molecule has 2 unspecified atom stereocenters. The van der Waals surface area contributed by atoms with Crippen LogP contribution in [0.25, 0.3) is 0 Å². The highest BCUT2D eigenvalue weighted by Crippen LogP contribution is 2.32. The molecule has 0 radical (unpaired) electrons. The van der Waals surface area contributed by atoms with Gasteiger partial charge in [-0.2, -0.15) is 0 Å². The molecule has 1 heterocycles. The predicted molar refractivity (Wildman–Crippen MR) is 73.7 cm³/mol. The normalized spacial score (nSPS) is 20.8. The molecule has 19 heavy (non-hydrogen) atoms. The van der Waals surface area contributed by atoms with Crippen LogP contribution in [0.4, 0.5) is 0 Å². The van der Waals surface area contributed by atoms with E-state index >= 15 is 0 Å². The van der Waals surface area contributed by atoms with Crippen LogP contribution in [0.5, 0.6) is 5.75 Å². The molecule has 4 nitrogen and oxygen atoms in total. The largest absolute Gasteiger partial charge is 0.496 e. The summed E-state index contributed by atoms with van der Waals surface area (Å²) in [7, 11) is 1.63. The molecule has 1 saturated heterocycles. The first-order valence-corrected chi connectivity index (χ1v) is 6.71. The lowest BCUT2D eigenvalue weighted by Gasteiger charge is -2.28. The summed E-state index contributed by atoms with van der Waals surface area (Å²) in [4.78, 5) is 11.6. The minimum atomic E-state index is -0.738. The molecule has 2 N–H and O–H groups in total. The third kappa shape index (κ3) is 3.07. The number of hydrogen-bond donors (Lipinski definition) is 2. The highest BCUT2D eigenvalue weighted by Gasteiger charge is 2.31. The van der Waals surface area contributed by atoms with Gasteiger partial charge in [0.1, 0.15) is 5.75 Å². The molecular formula is C15H21NO3. The number of carboxylic acid groups (broad SMARTS) is 1. The van der Waals surface area contributed by atoms with Crippen molar-refractivity contribution in [3.8, 4) is 5.75 Å². The van der Waals surface area contributed by atoms with Gasteiger partial charge in [0.25, 0.3) is 0 Å². The zero-order chi connectivity index (χ0) is 13.8. The second-order valence-corrected chi connectivity index (χ2v) is 5.15. The van der Waals surface area contributed by atoms with E-state index < -0.39 is 11.9 Å². The number of methoxy groups -OCH3 is 1. The lowest BCUT2D eigenvalue weighted by Crippen LogP contribution is -2.36. The summed E-state index contributed by atoms with van der Waals surface area (Å²) in [6.45, 7) is 3.72. The van der Waals surface area contributed by atoms with Gasteiger partial charge in [-0.3, -0.25) is 4.79 Å². The van der Waals surface area contributed by atoms with Crippen LogP contribution in [0.2, 0.25) is 0 Å². The lowest BCUT2D eigenvalue weighted by atomic mass is 9.81. The molecule has 4 heteroatoms. The van der Waals surface area contributed by atoms with Gasteiger partial charge in [0.15, 0.2) is 0 Å². The Morgan fingerprint density at radius 3 is 2.84 bits per heavy atom. The number of rotatable bonds is 4. The topological polar surface area (TPSA) is 58.6 Å². The van der Waals surface area contributed by atoms with Crippen LogP contribution >= 0.6 is 0 Å². The standard InChI is InChI=1S/C15H21NO3/c1-10-8-11(5-6-13(10)19-2)14(15(17)18)12-4-3-7-16-9-12/h5-6,8,12,14,16H,3-4,7,9H2,1-2H3,(H,17,18). The highest BCUT2D eigenvalue weighted by molar-refractivity contribution is 5.76. The van der Waals surface area contributed by atoms with Gasteiger partial charge in [0.2, 0.25) is 0 Å². The Kier molecular flexibility index (Phi) is 4.43. The van der Waals surface area contributed by atoms with Gasteiger partial charge in [-0.15, -0.1) is 0 Å². The molecule has 1 aliphatic heterocycles. The van der Waals surface area contributed by atoms with E-state index in [1.165, 1.54) is 0 Å². The molecule has 0 spiro atoms. The van der Waals surface area contributed by atoms with Crippen LogP contribution in [-0.2, 0) is 4.79 Å². The van der Waals surface area contributed by atoms with Gasteiger partial charge in [-0.05, 0) is 56.0 Å². The first-order valence-electron chi connectivity index (χ1n) is 6.71. The molecule has 0 saturated carbocycles. The quantitative estimate of drug-likeness (QED) is 0.874. The van der Waals surface area contributed by atoms with E-state index in [9.17, 15) is 9.90 Å². The second kappa shape index (κ2) is 6.06. The number of hydrogen-bond acceptors (Lipinski definition) is 3. The SMILES string of the molecule is COc1ccc(C(C(=O)O)C2CCCNC2)cc1C. The fraction of sp³-hybridized carbons (Fsp3) is 0.533. The van der Waals surface area contributed by atoms with E-state index in [0.29, 0.717) is 0 Å². The molecule has 1 aromatic carbocycles. The van der Waals surface area contributed by atoms with Crippen LogP contribution in [0, 0.1) is 12.8 Å². The zero-order valence-electron chi connectivity index (χ0n) is 11.5. The van der Waals surface area contributed by atoms with E-state index in [-0.39, 0.29) is 5.92 Å². The predicted octanol–water partition coefficient (Wildman–Crippen LogP) is 2.17. The van der Waals surface area contributed by atoms with Crippen LogP contribution in [0.1, 0.15) is 29.9 Å². The Balaban J connectivity index is 2.28. The van der Waals surface area contributed by atoms with Gasteiger partial charge in [-0.25, -0.2) is 0 Å². The molecule has 0 aliphatic carbocycles. The third-order valence-corrected chi connectivity index (χ3v) is 3.85. The number of aryl methyl sites for hydroxylation is 1. The maximum Gasteiger partial charge on any atom is 0.311 e. The van der Waals surface area contributed by atoms with Crippen molar-refractivity contribution in [3.05, 3.63) is 29.3 Å². The summed E-state index contributed by atoms with van der Waals surface area (Å²) in [6.07, 6.45) is 2.01. The Morgan fingerprint density at radius 2 is 2.32 bits per heavy atom. The van der Waals surface area contributed by atoms with Gasteiger partial charge in [-0.1, -0.05) is 12.1 Å². The third-order valence-electron chi connectivity index (χ3n) is 3.85. The van der Waals surface area contributed by atoms with Crippen molar-refractivity contribution in [2.45, 2.75) is 25.7 Å². The van der Waals surface area contributed by atoms with E-state index in [4.69, 9.17) is 4.74 Å². The Labute approximate surface area is 113 Å². The maximum absolute atomic E-state index is 11.6. The summed E-state index contributed by atoms with van der Waals surface area (Å²) in [5, 5.41) is 12.8. The summed E-state index contributed by atoms with van der Waals surface area (Å²) in [5.41, 5.74) is 1.86. The average molecular weight is 263 g/mol. The number of piperidine rings is 1. The lowest BCUT2D eigenvalue weighted by molar-refractivity contribution is -0.140. The Bertz CT molecular complexity index is 453. The van der Waals surface area contributed by atoms with E-state index in [1.54, 1.807) is 7.11 Å². The number of ether oxygens (including phenoxy) is 1. The number of aliphatic carboxylic acids is 1. The Hall–Kier alpha value is -1.55. The molecule has 0 amide bonds. The van der Waals surface area contributed by atoms with E-state index in [1.807, 2.05) is 25.1 Å². The maximum atomic E-state index is 11.6. The molecule has 0 bridgehead atoms. The number of nitrogens with one attached hydrogen (secondary N) is 1. The fourth-order valence-corrected chi connectivity index (χ4v) is 2.87. The molecular weight excluding hydrogens is 242 g/mol. The minimum Gasteiger partial charge on any atom is -0.496 e. The molecule has 0 aromatic heterocycles. The van der Waals surface area contributed by atoms with Crippen LogP contribution < -0.4 is 10.1 Å². The van der Waals surface area contributed by atoms with E-state index in [0.717, 1.165) is 42.8 Å². The van der Waals surface area contributed by atoms with Crippen molar-refractivity contribution in [2.75, 3.05) is 20.2 Å². The van der Waals surface area contributed by atoms with Crippen molar-refractivity contribution in [2.24, 2.45) is 5.92 Å². The Morgan fingerprint density at radius 1 is 1.53 bits per heavy atom. The average Bonchev–Trinajstić information content (AvgIpc) is 2.40.